The van der Waals surface area contributed by atoms with Gasteiger partial charge in [-0.25, -0.2) is 4.98 Å². The van der Waals surface area contributed by atoms with Crippen molar-refractivity contribution in [1.29, 1.82) is 0 Å². The third kappa shape index (κ3) is 3.92. The maximum Gasteiger partial charge on any atom is 0.255 e. The normalized spacial score (nSPS) is 11.6. The number of rotatable bonds is 4. The second-order valence-electron chi connectivity index (χ2n) is 7.64. The predicted molar refractivity (Wildman–Crippen MR) is 118 cm³/mol. The summed E-state index contributed by atoms with van der Waals surface area (Å²) in [5, 5.41) is 13.8. The monoisotopic (exact) mass is 420 g/mol. The Bertz CT molecular complexity index is 1220. The van der Waals surface area contributed by atoms with E-state index in [9.17, 15) is 9.90 Å². The number of aromatic nitrogens is 3. The van der Waals surface area contributed by atoms with E-state index in [1.165, 1.54) is 0 Å². The largest absolute Gasteiger partial charge is 0.384 e. The minimum atomic E-state index is -1.04. The molecule has 0 saturated carbocycles. The molecule has 0 unspecified atom stereocenters. The molecule has 0 spiro atoms. The number of nitrogens with zero attached hydrogens (tertiary/aromatic N) is 3. The Labute approximate surface area is 179 Å². The lowest BCUT2D eigenvalue weighted by molar-refractivity contribution is 0.0736. The molecule has 1 amide bonds. The van der Waals surface area contributed by atoms with E-state index in [1.807, 2.05) is 35.6 Å². The van der Waals surface area contributed by atoms with Crippen molar-refractivity contribution in [3.8, 4) is 11.3 Å². The van der Waals surface area contributed by atoms with Crippen LogP contribution in [0.15, 0.2) is 60.9 Å². The van der Waals surface area contributed by atoms with Crippen molar-refractivity contribution in [2.75, 3.05) is 5.32 Å². The SMILES string of the molecule is Cc1c(C(C)(C)O)nc2ccc(NC(=O)c3ccc(-c4ccc(Cl)cn4)cc3)cn12. The molecule has 2 N–H and O–H groups in total. The number of fused-ring (bicyclic) bond motifs is 1. The molecule has 3 heterocycles. The van der Waals surface area contributed by atoms with Crippen molar-refractivity contribution in [1.82, 2.24) is 14.4 Å². The molecule has 152 valence electrons. The average molecular weight is 421 g/mol. The lowest BCUT2D eigenvalue weighted by atomic mass is 10.0. The van der Waals surface area contributed by atoms with Crippen LogP contribution in [0.5, 0.6) is 0 Å². The summed E-state index contributed by atoms with van der Waals surface area (Å²) >= 11 is 5.88. The van der Waals surface area contributed by atoms with Crippen LogP contribution in [0.2, 0.25) is 5.02 Å². The van der Waals surface area contributed by atoms with Gasteiger partial charge < -0.3 is 14.8 Å². The van der Waals surface area contributed by atoms with Gasteiger partial charge in [-0.15, -0.1) is 0 Å². The molecule has 30 heavy (non-hydrogen) atoms. The summed E-state index contributed by atoms with van der Waals surface area (Å²) in [6.45, 7) is 5.30. The topological polar surface area (TPSA) is 79.5 Å². The zero-order valence-electron chi connectivity index (χ0n) is 16.8. The standard InChI is InChI=1S/C23H21ClN4O2/c1-14-21(23(2,3)30)27-20-11-9-18(13-28(14)20)26-22(29)16-6-4-15(5-7-16)19-10-8-17(24)12-25-19/h4-13,30H,1-3H3,(H,26,29). The first-order chi connectivity index (χ1) is 14.2. The Kier molecular flexibility index (Phi) is 5.05. The Morgan fingerprint density at radius 2 is 1.83 bits per heavy atom. The van der Waals surface area contributed by atoms with E-state index in [2.05, 4.69) is 15.3 Å². The summed E-state index contributed by atoms with van der Waals surface area (Å²) in [6.07, 6.45) is 3.39. The number of benzene rings is 1. The lowest BCUT2D eigenvalue weighted by Gasteiger charge is -2.15. The average Bonchev–Trinajstić information content (AvgIpc) is 3.05. The van der Waals surface area contributed by atoms with Gasteiger partial charge in [-0.05, 0) is 57.2 Å². The second kappa shape index (κ2) is 7.55. The molecule has 1 aromatic carbocycles. The summed E-state index contributed by atoms with van der Waals surface area (Å²) in [4.78, 5) is 21.5. The van der Waals surface area contributed by atoms with Crippen molar-refractivity contribution in [2.45, 2.75) is 26.4 Å². The number of imidazole rings is 1. The third-order valence-corrected chi connectivity index (χ3v) is 5.09. The fourth-order valence-electron chi connectivity index (χ4n) is 3.36. The van der Waals surface area contributed by atoms with Crippen LogP contribution in [-0.2, 0) is 5.60 Å². The van der Waals surface area contributed by atoms with Crippen molar-refractivity contribution in [3.63, 3.8) is 0 Å². The molecule has 6 nitrogen and oxygen atoms in total. The summed E-state index contributed by atoms with van der Waals surface area (Å²) < 4.78 is 1.86. The number of carbonyl (C=O) groups is 1. The summed E-state index contributed by atoms with van der Waals surface area (Å²) in [7, 11) is 0. The number of amides is 1. The van der Waals surface area contributed by atoms with E-state index < -0.39 is 5.60 Å². The summed E-state index contributed by atoms with van der Waals surface area (Å²) in [5.74, 6) is -0.217. The highest BCUT2D eigenvalue weighted by Crippen LogP contribution is 2.25. The van der Waals surface area contributed by atoms with E-state index in [1.54, 1.807) is 50.5 Å². The van der Waals surface area contributed by atoms with Gasteiger partial charge in [0.2, 0.25) is 0 Å². The van der Waals surface area contributed by atoms with E-state index >= 15 is 0 Å². The summed E-state index contributed by atoms with van der Waals surface area (Å²) in [6, 6.07) is 14.4. The van der Waals surface area contributed by atoms with E-state index in [-0.39, 0.29) is 5.91 Å². The third-order valence-electron chi connectivity index (χ3n) is 4.86. The van der Waals surface area contributed by atoms with Gasteiger partial charge in [-0.3, -0.25) is 9.78 Å². The maximum absolute atomic E-state index is 12.7. The van der Waals surface area contributed by atoms with Crippen molar-refractivity contribution in [3.05, 3.63) is 82.9 Å². The molecule has 0 aliphatic heterocycles. The number of hydrogen-bond acceptors (Lipinski definition) is 4. The van der Waals surface area contributed by atoms with Gasteiger partial charge >= 0.3 is 0 Å². The van der Waals surface area contributed by atoms with Gasteiger partial charge in [0, 0.05) is 29.2 Å². The molecule has 3 aromatic heterocycles. The van der Waals surface area contributed by atoms with E-state index in [0.29, 0.717) is 27.6 Å². The smallest absolute Gasteiger partial charge is 0.255 e. The molecular weight excluding hydrogens is 400 g/mol. The van der Waals surface area contributed by atoms with Crippen LogP contribution in [0.1, 0.15) is 35.6 Å². The van der Waals surface area contributed by atoms with Crippen LogP contribution in [0, 0.1) is 6.92 Å². The highest BCUT2D eigenvalue weighted by molar-refractivity contribution is 6.30. The molecule has 0 saturated heterocycles. The van der Waals surface area contributed by atoms with Gasteiger partial charge in [-0.2, -0.15) is 0 Å². The molecule has 7 heteroatoms. The zero-order valence-corrected chi connectivity index (χ0v) is 17.6. The van der Waals surface area contributed by atoms with Crippen LogP contribution in [0.4, 0.5) is 5.69 Å². The number of anilines is 1. The number of halogens is 1. The number of hydrogen-bond donors (Lipinski definition) is 2. The molecule has 0 bridgehead atoms. The molecular formula is C23H21ClN4O2. The Morgan fingerprint density at radius 1 is 1.10 bits per heavy atom. The van der Waals surface area contributed by atoms with E-state index in [0.717, 1.165) is 17.0 Å². The first-order valence-corrected chi connectivity index (χ1v) is 9.85. The Morgan fingerprint density at radius 3 is 2.47 bits per heavy atom. The first-order valence-electron chi connectivity index (χ1n) is 9.47. The molecule has 0 radical (unpaired) electrons. The Balaban J connectivity index is 1.55. The fraction of sp³-hybridized carbons (Fsp3) is 0.174. The van der Waals surface area contributed by atoms with Gasteiger partial charge in [0.1, 0.15) is 11.2 Å². The zero-order chi connectivity index (χ0) is 21.5. The van der Waals surface area contributed by atoms with Crippen LogP contribution in [0.3, 0.4) is 0 Å². The van der Waals surface area contributed by atoms with Crippen molar-refractivity contribution < 1.29 is 9.90 Å². The summed E-state index contributed by atoms with van der Waals surface area (Å²) in [5.41, 5.74) is 3.97. The molecule has 4 aromatic rings. The molecule has 4 rings (SSSR count). The fourth-order valence-corrected chi connectivity index (χ4v) is 3.47. The highest BCUT2D eigenvalue weighted by atomic mass is 35.5. The molecule has 0 aliphatic rings. The van der Waals surface area contributed by atoms with Gasteiger partial charge in [-0.1, -0.05) is 23.7 Å². The van der Waals surface area contributed by atoms with Gasteiger partial charge in [0.15, 0.2) is 0 Å². The Hall–Kier alpha value is -3.22. The number of aryl methyl sites for hydroxylation is 1. The van der Waals surface area contributed by atoms with Crippen LogP contribution >= 0.6 is 11.6 Å². The number of aliphatic hydroxyl groups is 1. The molecule has 0 aliphatic carbocycles. The van der Waals surface area contributed by atoms with Crippen LogP contribution in [0.25, 0.3) is 16.9 Å². The lowest BCUT2D eigenvalue weighted by Crippen LogP contribution is -2.17. The van der Waals surface area contributed by atoms with Crippen molar-refractivity contribution in [2.24, 2.45) is 0 Å². The minimum absolute atomic E-state index is 0.217. The number of pyridine rings is 2. The van der Waals surface area contributed by atoms with Crippen LogP contribution < -0.4 is 5.32 Å². The number of nitrogens with one attached hydrogen (secondary N) is 1. The van der Waals surface area contributed by atoms with Gasteiger partial charge in [0.25, 0.3) is 5.91 Å². The number of carbonyl (C=O) groups excluding carboxylic acids is 1. The maximum atomic E-state index is 12.7. The van der Waals surface area contributed by atoms with E-state index in [4.69, 9.17) is 11.6 Å². The first kappa shape index (κ1) is 20.1. The molecule has 0 fully saturated rings. The molecule has 0 atom stereocenters. The highest BCUT2D eigenvalue weighted by Gasteiger charge is 2.23. The van der Waals surface area contributed by atoms with Crippen molar-refractivity contribution >= 4 is 28.8 Å². The van der Waals surface area contributed by atoms with Gasteiger partial charge in [0.05, 0.1) is 22.1 Å². The second-order valence-corrected chi connectivity index (χ2v) is 8.08. The predicted octanol–water partition coefficient (Wildman–Crippen LogP) is 4.84. The minimum Gasteiger partial charge on any atom is -0.384 e. The quantitative estimate of drug-likeness (QED) is 0.495. The van der Waals surface area contributed by atoms with Crippen LogP contribution in [-0.4, -0.2) is 25.4 Å².